The molecule has 0 rings (SSSR count). The van der Waals surface area contributed by atoms with Gasteiger partial charge in [-0.3, -0.25) is 0 Å². The molecule has 0 saturated carbocycles. The number of carbonyl (C=O) groups excluding carboxylic acids is 2. The van der Waals surface area contributed by atoms with Crippen LogP contribution in [0.5, 0.6) is 0 Å². The first kappa shape index (κ1) is 45.4. The van der Waals surface area contributed by atoms with Gasteiger partial charge in [-0.1, -0.05) is 69.2 Å². The quantitative estimate of drug-likeness (QED) is 0.519. The zero-order valence-electron chi connectivity index (χ0n) is 14.0. The molecular weight excluding hydrogens is 200 g/mol. The SMILES string of the molecule is CC.CC.CC.CC.CC.CC=O.CC=O. The van der Waals surface area contributed by atoms with Crippen LogP contribution in [0.25, 0.3) is 0 Å². The molecule has 0 aliphatic carbocycles. The molecule has 0 aromatic rings. The van der Waals surface area contributed by atoms with E-state index in [9.17, 15) is 0 Å². The Morgan fingerprint density at radius 2 is 0.438 bits per heavy atom. The van der Waals surface area contributed by atoms with Crippen LogP contribution < -0.4 is 0 Å². The number of hydrogen-bond acceptors (Lipinski definition) is 2. The van der Waals surface area contributed by atoms with Crippen molar-refractivity contribution in [3.63, 3.8) is 0 Å². The summed E-state index contributed by atoms with van der Waals surface area (Å²) in [7, 11) is 0. The Balaban J connectivity index is -0.0000000120. The van der Waals surface area contributed by atoms with Crippen LogP contribution in [-0.2, 0) is 9.59 Å². The molecule has 0 unspecified atom stereocenters. The Morgan fingerprint density at radius 1 is 0.438 bits per heavy atom. The predicted octanol–water partition coefficient (Wildman–Crippen LogP) is 5.54. The van der Waals surface area contributed by atoms with E-state index in [1.165, 1.54) is 13.8 Å². The number of hydrogen-bond donors (Lipinski definition) is 0. The van der Waals surface area contributed by atoms with E-state index in [0.29, 0.717) is 0 Å². The summed E-state index contributed by atoms with van der Waals surface area (Å²) >= 11 is 0. The summed E-state index contributed by atoms with van der Waals surface area (Å²) in [6.45, 7) is 22.9. The second kappa shape index (κ2) is 1420. The summed E-state index contributed by atoms with van der Waals surface area (Å²) < 4.78 is 0. The molecule has 0 amide bonds. The number of rotatable bonds is 0. The second-order valence-electron chi connectivity index (χ2n) is 0.471. The smallest absolute Gasteiger partial charge is 0.116 e. The molecule has 0 atom stereocenters. The van der Waals surface area contributed by atoms with E-state index >= 15 is 0 Å². The van der Waals surface area contributed by atoms with Gasteiger partial charge in [-0.15, -0.1) is 0 Å². The zero-order chi connectivity index (χ0) is 15.4. The van der Waals surface area contributed by atoms with Gasteiger partial charge in [0.1, 0.15) is 12.6 Å². The summed E-state index contributed by atoms with van der Waals surface area (Å²) in [4.78, 5) is 17.6. The van der Waals surface area contributed by atoms with Gasteiger partial charge >= 0.3 is 0 Å². The standard InChI is InChI=1S/2C2H4O.5C2H6/c2*1-2-3;5*1-2/h2*2H,1H3;5*1-2H3. The van der Waals surface area contributed by atoms with Gasteiger partial charge < -0.3 is 9.59 Å². The van der Waals surface area contributed by atoms with E-state index in [2.05, 4.69) is 0 Å². The van der Waals surface area contributed by atoms with Gasteiger partial charge in [0.2, 0.25) is 0 Å². The number of aldehydes is 2. The topological polar surface area (TPSA) is 34.1 Å². The molecular formula is C14H38O2. The van der Waals surface area contributed by atoms with Crippen molar-refractivity contribution in [3.05, 3.63) is 0 Å². The van der Waals surface area contributed by atoms with Gasteiger partial charge in [0.25, 0.3) is 0 Å². The maximum absolute atomic E-state index is 8.81. The fraction of sp³-hybridized carbons (Fsp3) is 0.857. The molecule has 0 fully saturated rings. The Bertz CT molecular complexity index is 29.7. The highest BCUT2D eigenvalue weighted by Gasteiger charge is 1.24. The van der Waals surface area contributed by atoms with Crippen LogP contribution in [0.1, 0.15) is 83.1 Å². The van der Waals surface area contributed by atoms with E-state index in [4.69, 9.17) is 9.59 Å². The van der Waals surface area contributed by atoms with Gasteiger partial charge in [-0.2, -0.15) is 0 Å². The van der Waals surface area contributed by atoms with Gasteiger partial charge in [-0.05, 0) is 13.8 Å². The molecule has 0 radical (unpaired) electrons. The lowest BCUT2D eigenvalue weighted by Gasteiger charge is -1.24. The minimum Gasteiger partial charge on any atom is -0.304 e. The third kappa shape index (κ3) is 4660. The molecule has 0 spiro atoms. The molecule has 0 N–H and O–H groups in total. The molecule has 0 heterocycles. The Morgan fingerprint density at radius 3 is 0.438 bits per heavy atom. The van der Waals surface area contributed by atoms with Crippen molar-refractivity contribution in [2.24, 2.45) is 0 Å². The zero-order valence-corrected chi connectivity index (χ0v) is 14.0. The molecule has 0 aromatic heterocycles. The lowest BCUT2D eigenvalue weighted by molar-refractivity contribution is -0.106. The van der Waals surface area contributed by atoms with Crippen molar-refractivity contribution < 1.29 is 9.59 Å². The van der Waals surface area contributed by atoms with Crippen LogP contribution in [-0.4, -0.2) is 12.6 Å². The molecule has 0 aliphatic heterocycles. The van der Waals surface area contributed by atoms with Crippen LogP contribution in [0.2, 0.25) is 0 Å². The lowest BCUT2D eigenvalue weighted by Crippen LogP contribution is -1.36. The first-order valence-corrected chi connectivity index (χ1v) is 6.63. The van der Waals surface area contributed by atoms with Crippen molar-refractivity contribution in [2.75, 3.05) is 0 Å². The average Bonchev–Trinajstić information content (AvgIpc) is 2.42. The van der Waals surface area contributed by atoms with Crippen molar-refractivity contribution >= 4 is 12.6 Å². The maximum atomic E-state index is 8.81. The summed E-state index contributed by atoms with van der Waals surface area (Å²) in [5, 5.41) is 0. The minimum absolute atomic E-state index is 0.750. The molecule has 106 valence electrons. The van der Waals surface area contributed by atoms with Crippen LogP contribution in [0.3, 0.4) is 0 Å². The Hall–Kier alpha value is -0.660. The Labute approximate surface area is 106 Å². The highest BCUT2D eigenvalue weighted by molar-refractivity contribution is 5.44. The van der Waals surface area contributed by atoms with Gasteiger partial charge in [0.05, 0.1) is 0 Å². The molecule has 0 aliphatic rings. The van der Waals surface area contributed by atoms with Crippen molar-refractivity contribution in [1.29, 1.82) is 0 Å². The fourth-order valence-corrected chi connectivity index (χ4v) is 0. The Kier molecular flexibility index (Phi) is 4030. The molecule has 0 bridgehead atoms. The van der Waals surface area contributed by atoms with E-state index in [1.54, 1.807) is 0 Å². The van der Waals surface area contributed by atoms with Crippen molar-refractivity contribution in [1.82, 2.24) is 0 Å². The first-order valence-electron chi connectivity index (χ1n) is 6.63. The summed E-state index contributed by atoms with van der Waals surface area (Å²) in [6.07, 6.45) is 1.50. The summed E-state index contributed by atoms with van der Waals surface area (Å²) in [6, 6.07) is 0. The normalized spacial score (nSPS) is 3.50. The van der Waals surface area contributed by atoms with Gasteiger partial charge in [-0.25, -0.2) is 0 Å². The fourth-order valence-electron chi connectivity index (χ4n) is 0. The van der Waals surface area contributed by atoms with E-state index < -0.39 is 0 Å². The maximum Gasteiger partial charge on any atom is 0.116 e. The number of carbonyl (C=O) groups is 2. The largest absolute Gasteiger partial charge is 0.304 e. The molecule has 2 nitrogen and oxygen atoms in total. The molecule has 2 heteroatoms. The van der Waals surface area contributed by atoms with E-state index in [0.717, 1.165) is 12.6 Å². The monoisotopic (exact) mass is 238 g/mol. The lowest BCUT2D eigenvalue weighted by atomic mass is 11.0. The van der Waals surface area contributed by atoms with Crippen LogP contribution in [0.4, 0.5) is 0 Å². The molecule has 0 saturated heterocycles. The van der Waals surface area contributed by atoms with Crippen LogP contribution >= 0.6 is 0 Å². The molecule has 0 aromatic carbocycles. The van der Waals surface area contributed by atoms with E-state index in [-0.39, 0.29) is 0 Å². The highest BCUT2D eigenvalue weighted by Crippen LogP contribution is 1.15. The van der Waals surface area contributed by atoms with Gasteiger partial charge in [0.15, 0.2) is 0 Å². The predicted molar refractivity (Wildman–Crippen MR) is 80.2 cm³/mol. The first-order chi connectivity index (χ1) is 7.83. The van der Waals surface area contributed by atoms with Crippen molar-refractivity contribution in [3.8, 4) is 0 Å². The van der Waals surface area contributed by atoms with E-state index in [1.807, 2.05) is 69.2 Å². The highest BCUT2D eigenvalue weighted by atomic mass is 16.1. The minimum atomic E-state index is 0.750. The molecule has 16 heavy (non-hydrogen) atoms. The van der Waals surface area contributed by atoms with Crippen LogP contribution in [0.15, 0.2) is 0 Å². The third-order valence-electron chi connectivity index (χ3n) is 0. The third-order valence-corrected chi connectivity index (χ3v) is 0. The average molecular weight is 238 g/mol. The van der Waals surface area contributed by atoms with Crippen molar-refractivity contribution in [2.45, 2.75) is 83.1 Å². The van der Waals surface area contributed by atoms with Crippen LogP contribution in [0, 0.1) is 0 Å². The summed E-state index contributed by atoms with van der Waals surface area (Å²) in [5.74, 6) is 0. The second-order valence-corrected chi connectivity index (χ2v) is 0.471. The van der Waals surface area contributed by atoms with Gasteiger partial charge in [0, 0.05) is 0 Å². The summed E-state index contributed by atoms with van der Waals surface area (Å²) in [5.41, 5.74) is 0.